The first kappa shape index (κ1) is 24.4. The maximum absolute atomic E-state index is 13.0. The van der Waals surface area contributed by atoms with E-state index in [4.69, 9.17) is 0 Å². The number of benzene rings is 2. The summed E-state index contributed by atoms with van der Waals surface area (Å²) < 4.78 is 0. The molecule has 2 aromatic rings. The van der Waals surface area contributed by atoms with E-state index >= 15 is 0 Å². The van der Waals surface area contributed by atoms with Crippen LogP contribution < -0.4 is 16.1 Å². The number of imide groups is 2. The van der Waals surface area contributed by atoms with Crippen LogP contribution in [0.5, 0.6) is 0 Å². The summed E-state index contributed by atoms with van der Waals surface area (Å²) in [5, 5.41) is 8.83. The molecule has 3 fully saturated rings. The van der Waals surface area contributed by atoms with Gasteiger partial charge in [0.15, 0.2) is 5.92 Å². The van der Waals surface area contributed by atoms with Crippen molar-refractivity contribution < 1.29 is 24.0 Å². The van der Waals surface area contributed by atoms with Crippen LogP contribution in [0.4, 0.5) is 10.5 Å². The van der Waals surface area contributed by atoms with Gasteiger partial charge in [0, 0.05) is 23.5 Å². The van der Waals surface area contributed by atoms with E-state index in [1.807, 2.05) is 30.3 Å². The average molecular weight is 502 g/mol. The summed E-state index contributed by atoms with van der Waals surface area (Å²) in [6, 6.07) is 14.7. The monoisotopic (exact) mass is 501 g/mol. The van der Waals surface area contributed by atoms with Gasteiger partial charge in [-0.15, -0.1) is 0 Å². The molecule has 10 heteroatoms. The standard InChI is InChI=1S/C27H27N5O5/c33-23(14-16-4-2-1-3-5-16)29-20-10-8-18(9-11-20)24(34)31-28-15-21-25(35)30-27(37)32(26(21)36)22-13-17-6-7-19(22)12-17/h1-5,8-11,15,17,19,21-22H,6-7,12-14H2,(H,29,33)(H,31,34)(H,30,35,37)/b28-15-/t17-,19-,21+,22+/m0/s1. The average Bonchev–Trinajstić information content (AvgIpc) is 3.51. The van der Waals surface area contributed by atoms with Crippen LogP contribution in [0.3, 0.4) is 0 Å². The molecule has 3 aliphatic rings. The number of hydrogen-bond acceptors (Lipinski definition) is 6. The molecule has 4 atom stereocenters. The third-order valence-electron chi connectivity index (χ3n) is 7.30. The molecule has 1 aliphatic heterocycles. The van der Waals surface area contributed by atoms with E-state index in [0.717, 1.165) is 37.5 Å². The molecule has 0 unspecified atom stereocenters. The van der Waals surface area contributed by atoms with Crippen LogP contribution in [0.2, 0.25) is 0 Å². The van der Waals surface area contributed by atoms with Crippen molar-refractivity contribution in [3.63, 3.8) is 0 Å². The predicted octanol–water partition coefficient (Wildman–Crippen LogP) is 2.47. The van der Waals surface area contributed by atoms with Crippen LogP contribution in [-0.2, 0) is 20.8 Å². The molecule has 1 saturated heterocycles. The number of nitrogens with one attached hydrogen (secondary N) is 3. The van der Waals surface area contributed by atoms with Crippen molar-refractivity contribution in [3.8, 4) is 0 Å². The quantitative estimate of drug-likeness (QED) is 0.304. The summed E-state index contributed by atoms with van der Waals surface area (Å²) >= 11 is 0. The minimum absolute atomic E-state index is 0.179. The van der Waals surface area contributed by atoms with E-state index in [9.17, 15) is 24.0 Å². The largest absolute Gasteiger partial charge is 0.331 e. The van der Waals surface area contributed by atoms with Crippen molar-refractivity contribution in [2.75, 3.05) is 5.32 Å². The third kappa shape index (κ3) is 5.28. The van der Waals surface area contributed by atoms with E-state index in [0.29, 0.717) is 11.6 Å². The lowest BCUT2D eigenvalue weighted by Crippen LogP contribution is -2.62. The van der Waals surface area contributed by atoms with Gasteiger partial charge in [-0.25, -0.2) is 10.2 Å². The van der Waals surface area contributed by atoms with Gasteiger partial charge in [-0.3, -0.25) is 29.4 Å². The van der Waals surface area contributed by atoms with Crippen molar-refractivity contribution in [2.24, 2.45) is 22.9 Å². The van der Waals surface area contributed by atoms with Crippen LogP contribution in [0, 0.1) is 17.8 Å². The van der Waals surface area contributed by atoms with Crippen LogP contribution in [-0.4, -0.2) is 46.8 Å². The molecule has 2 bridgehead atoms. The van der Waals surface area contributed by atoms with Gasteiger partial charge in [0.1, 0.15) is 0 Å². The second kappa shape index (κ2) is 10.3. The number of anilines is 1. The zero-order valence-electron chi connectivity index (χ0n) is 20.1. The molecule has 2 saturated carbocycles. The van der Waals surface area contributed by atoms with Gasteiger partial charge in [0.2, 0.25) is 17.7 Å². The molecule has 0 spiro atoms. The summed E-state index contributed by atoms with van der Waals surface area (Å²) in [7, 11) is 0. The van der Waals surface area contributed by atoms with E-state index in [2.05, 4.69) is 21.2 Å². The fraction of sp³-hybridized carbons (Fsp3) is 0.333. The lowest BCUT2D eigenvalue weighted by atomic mass is 9.92. The Morgan fingerprint density at radius 1 is 1.00 bits per heavy atom. The maximum Gasteiger partial charge on any atom is 0.331 e. The van der Waals surface area contributed by atoms with Gasteiger partial charge in [-0.05, 0) is 60.9 Å². The predicted molar refractivity (Wildman–Crippen MR) is 134 cm³/mol. The number of amides is 6. The van der Waals surface area contributed by atoms with Crippen molar-refractivity contribution >= 4 is 41.6 Å². The second-order valence-electron chi connectivity index (χ2n) is 9.73. The third-order valence-corrected chi connectivity index (χ3v) is 7.30. The van der Waals surface area contributed by atoms with Gasteiger partial charge in [-0.1, -0.05) is 36.8 Å². The SMILES string of the molecule is O=C(Cc1ccccc1)Nc1ccc(C(=O)N/N=C\[C@@H]2C(=O)NC(=O)N([C@@H]3C[C@H]4CC[C@H]3C4)C2=O)cc1. The van der Waals surface area contributed by atoms with Crippen LogP contribution in [0.15, 0.2) is 59.7 Å². The van der Waals surface area contributed by atoms with Gasteiger partial charge >= 0.3 is 6.03 Å². The van der Waals surface area contributed by atoms with Gasteiger partial charge < -0.3 is 5.32 Å². The van der Waals surface area contributed by atoms with E-state index in [-0.39, 0.29) is 29.9 Å². The van der Waals surface area contributed by atoms with Crippen LogP contribution in [0.1, 0.15) is 41.6 Å². The van der Waals surface area contributed by atoms with Crippen molar-refractivity contribution in [1.29, 1.82) is 0 Å². The highest BCUT2D eigenvalue weighted by atomic mass is 16.2. The Morgan fingerprint density at radius 2 is 1.76 bits per heavy atom. The molecular formula is C27H27N5O5. The Labute approximate surface area is 213 Å². The van der Waals surface area contributed by atoms with Crippen molar-refractivity contribution in [1.82, 2.24) is 15.6 Å². The molecule has 10 nitrogen and oxygen atoms in total. The smallest absolute Gasteiger partial charge is 0.326 e. The normalized spacial score (nSPS) is 24.9. The second-order valence-corrected chi connectivity index (χ2v) is 9.73. The number of rotatable bonds is 7. The highest BCUT2D eigenvalue weighted by molar-refractivity contribution is 6.23. The fourth-order valence-electron chi connectivity index (χ4n) is 5.50. The molecule has 37 heavy (non-hydrogen) atoms. The maximum atomic E-state index is 13.0. The molecule has 6 amide bonds. The molecular weight excluding hydrogens is 474 g/mol. The molecule has 2 aromatic carbocycles. The summed E-state index contributed by atoms with van der Waals surface area (Å²) in [4.78, 5) is 63.6. The number of carbonyl (C=O) groups excluding carboxylic acids is 5. The molecule has 5 rings (SSSR count). The molecule has 0 aromatic heterocycles. The minimum Gasteiger partial charge on any atom is -0.326 e. The van der Waals surface area contributed by atoms with E-state index in [1.54, 1.807) is 12.1 Å². The Balaban J connectivity index is 1.16. The first-order valence-electron chi connectivity index (χ1n) is 12.3. The first-order chi connectivity index (χ1) is 17.9. The number of barbiturate groups is 1. The Kier molecular flexibility index (Phi) is 6.80. The van der Waals surface area contributed by atoms with Crippen molar-refractivity contribution in [2.45, 2.75) is 38.1 Å². The number of nitrogens with zero attached hydrogens (tertiary/aromatic N) is 2. The molecule has 1 heterocycles. The lowest BCUT2D eigenvalue weighted by Gasteiger charge is -2.36. The zero-order chi connectivity index (χ0) is 25.9. The van der Waals surface area contributed by atoms with Gasteiger partial charge in [0.05, 0.1) is 6.42 Å². The molecule has 3 N–H and O–H groups in total. The molecule has 2 aliphatic carbocycles. The Morgan fingerprint density at radius 3 is 2.43 bits per heavy atom. The minimum atomic E-state index is -1.29. The summed E-state index contributed by atoms with van der Waals surface area (Å²) in [5.74, 6) is -2.61. The van der Waals surface area contributed by atoms with E-state index < -0.39 is 29.7 Å². The summed E-state index contributed by atoms with van der Waals surface area (Å²) in [6.07, 6.45) is 5.14. The summed E-state index contributed by atoms with van der Waals surface area (Å²) in [5.41, 5.74) is 4.01. The number of hydrazone groups is 1. The Hall–Kier alpha value is -4.34. The number of fused-ring (bicyclic) bond motifs is 2. The molecule has 190 valence electrons. The number of carbonyl (C=O) groups is 5. The topological polar surface area (TPSA) is 137 Å². The number of hydrogen-bond donors (Lipinski definition) is 3. The highest BCUT2D eigenvalue weighted by Gasteiger charge is 2.50. The van der Waals surface area contributed by atoms with Gasteiger partial charge in [0.25, 0.3) is 5.91 Å². The van der Waals surface area contributed by atoms with Crippen LogP contribution in [0.25, 0.3) is 0 Å². The van der Waals surface area contributed by atoms with Crippen molar-refractivity contribution in [3.05, 3.63) is 65.7 Å². The van der Waals surface area contributed by atoms with Gasteiger partial charge in [-0.2, -0.15) is 5.10 Å². The lowest BCUT2D eigenvalue weighted by molar-refractivity contribution is -0.141. The highest BCUT2D eigenvalue weighted by Crippen LogP contribution is 2.47. The number of urea groups is 1. The zero-order valence-corrected chi connectivity index (χ0v) is 20.1. The van der Waals surface area contributed by atoms with E-state index in [1.165, 1.54) is 17.0 Å². The summed E-state index contributed by atoms with van der Waals surface area (Å²) in [6.45, 7) is 0. The first-order valence-corrected chi connectivity index (χ1v) is 12.3. The Bertz CT molecular complexity index is 1260. The van der Waals surface area contributed by atoms with Crippen LogP contribution >= 0.6 is 0 Å². The fourth-order valence-corrected chi connectivity index (χ4v) is 5.50. The molecule has 0 radical (unpaired) electrons.